The first-order valence-corrected chi connectivity index (χ1v) is 6.71. The van der Waals surface area contributed by atoms with Crippen molar-refractivity contribution in [2.24, 2.45) is 10.9 Å². The summed E-state index contributed by atoms with van der Waals surface area (Å²) >= 11 is 0. The summed E-state index contributed by atoms with van der Waals surface area (Å²) in [6.45, 7) is 0. The number of oxime groups is 1. The predicted molar refractivity (Wildman–Crippen MR) is 57.8 cm³/mol. The Kier molecular flexibility index (Phi) is 4.11. The van der Waals surface area contributed by atoms with Crippen molar-refractivity contribution in [3.05, 3.63) is 0 Å². The standard InChI is InChI=1S/C8H15N3O4S/c9-7(11-13)5-8(12)10-6-1-3-16(14,15)4-2-6/h6,13H,1-5H2,(H2,9,11)(H,10,12). The van der Waals surface area contributed by atoms with Gasteiger partial charge in [0.2, 0.25) is 5.91 Å². The van der Waals surface area contributed by atoms with Gasteiger partial charge in [0.05, 0.1) is 17.9 Å². The highest BCUT2D eigenvalue weighted by Crippen LogP contribution is 2.12. The molecule has 0 radical (unpaired) electrons. The molecule has 0 aromatic carbocycles. The molecule has 0 spiro atoms. The van der Waals surface area contributed by atoms with E-state index < -0.39 is 9.84 Å². The Hall–Kier alpha value is -1.31. The molecule has 1 heterocycles. The lowest BCUT2D eigenvalue weighted by molar-refractivity contribution is -0.120. The number of nitrogens with two attached hydrogens (primary N) is 1. The third kappa shape index (κ3) is 4.05. The molecule has 0 bridgehead atoms. The van der Waals surface area contributed by atoms with Crippen molar-refractivity contribution in [3.8, 4) is 0 Å². The van der Waals surface area contributed by atoms with Gasteiger partial charge in [0.25, 0.3) is 0 Å². The topological polar surface area (TPSA) is 122 Å². The molecule has 0 atom stereocenters. The molecule has 1 aliphatic rings. The van der Waals surface area contributed by atoms with Gasteiger partial charge in [-0.25, -0.2) is 8.42 Å². The number of hydrogen-bond acceptors (Lipinski definition) is 5. The van der Waals surface area contributed by atoms with Gasteiger partial charge >= 0.3 is 0 Å². The molecular weight excluding hydrogens is 234 g/mol. The molecule has 4 N–H and O–H groups in total. The van der Waals surface area contributed by atoms with Crippen LogP contribution in [0.5, 0.6) is 0 Å². The number of nitrogens with one attached hydrogen (secondary N) is 1. The number of carbonyl (C=O) groups excluding carboxylic acids is 1. The number of nitrogens with zero attached hydrogens (tertiary/aromatic N) is 1. The first kappa shape index (κ1) is 12.8. The number of carbonyl (C=O) groups is 1. The van der Waals surface area contributed by atoms with E-state index in [1.54, 1.807) is 0 Å². The van der Waals surface area contributed by atoms with Gasteiger partial charge < -0.3 is 16.3 Å². The average molecular weight is 249 g/mol. The molecule has 92 valence electrons. The summed E-state index contributed by atoms with van der Waals surface area (Å²) in [5, 5.41) is 13.6. The summed E-state index contributed by atoms with van der Waals surface area (Å²) in [7, 11) is -2.92. The van der Waals surface area contributed by atoms with Crippen LogP contribution >= 0.6 is 0 Å². The largest absolute Gasteiger partial charge is 0.409 e. The maximum atomic E-state index is 11.3. The average Bonchev–Trinajstić information content (AvgIpc) is 2.21. The first-order chi connectivity index (χ1) is 7.43. The van der Waals surface area contributed by atoms with E-state index in [9.17, 15) is 13.2 Å². The highest BCUT2D eigenvalue weighted by molar-refractivity contribution is 7.91. The molecule has 16 heavy (non-hydrogen) atoms. The molecule has 0 aliphatic carbocycles. The van der Waals surface area contributed by atoms with Crippen molar-refractivity contribution in [2.45, 2.75) is 25.3 Å². The first-order valence-electron chi connectivity index (χ1n) is 4.89. The quantitative estimate of drug-likeness (QED) is 0.251. The van der Waals surface area contributed by atoms with Gasteiger partial charge in [-0.3, -0.25) is 4.79 Å². The third-order valence-corrected chi connectivity index (χ3v) is 4.11. The second-order valence-electron chi connectivity index (χ2n) is 3.76. The Morgan fingerprint density at radius 2 is 2.00 bits per heavy atom. The van der Waals surface area contributed by atoms with E-state index in [2.05, 4.69) is 10.5 Å². The van der Waals surface area contributed by atoms with Gasteiger partial charge in [-0.2, -0.15) is 0 Å². The van der Waals surface area contributed by atoms with E-state index in [4.69, 9.17) is 10.9 Å². The summed E-state index contributed by atoms with van der Waals surface area (Å²) in [5.74, 6) is -0.330. The zero-order chi connectivity index (χ0) is 12.2. The van der Waals surface area contributed by atoms with Crippen LogP contribution in [-0.4, -0.2) is 42.9 Å². The van der Waals surface area contributed by atoms with Crippen molar-refractivity contribution in [3.63, 3.8) is 0 Å². The molecule has 0 aromatic heterocycles. The predicted octanol–water partition coefficient (Wildman–Crippen LogP) is -1.18. The number of amides is 1. The third-order valence-electron chi connectivity index (χ3n) is 2.39. The molecule has 8 heteroatoms. The lowest BCUT2D eigenvalue weighted by Gasteiger charge is -2.22. The van der Waals surface area contributed by atoms with Gasteiger partial charge in [0.1, 0.15) is 15.7 Å². The fraction of sp³-hybridized carbons (Fsp3) is 0.750. The normalized spacial score (nSPS) is 21.6. The molecular formula is C8H15N3O4S. The number of sulfone groups is 1. The van der Waals surface area contributed by atoms with Gasteiger partial charge in [-0.15, -0.1) is 0 Å². The molecule has 1 amide bonds. The molecule has 0 unspecified atom stereocenters. The Balaban J connectivity index is 2.37. The van der Waals surface area contributed by atoms with Crippen LogP contribution in [0.2, 0.25) is 0 Å². The van der Waals surface area contributed by atoms with Crippen molar-refractivity contribution in [1.82, 2.24) is 5.32 Å². The fourth-order valence-electron chi connectivity index (χ4n) is 1.51. The Morgan fingerprint density at radius 3 is 2.50 bits per heavy atom. The SMILES string of the molecule is N/C(CC(=O)NC1CCS(=O)(=O)CC1)=N\O. The number of amidine groups is 1. The number of rotatable bonds is 3. The van der Waals surface area contributed by atoms with Crippen molar-refractivity contribution in [2.75, 3.05) is 11.5 Å². The van der Waals surface area contributed by atoms with E-state index in [1.807, 2.05) is 0 Å². The maximum Gasteiger partial charge on any atom is 0.227 e. The minimum atomic E-state index is -2.92. The van der Waals surface area contributed by atoms with E-state index in [0.717, 1.165) is 0 Å². The van der Waals surface area contributed by atoms with Crippen LogP contribution in [0.15, 0.2) is 5.16 Å². The summed E-state index contributed by atoms with van der Waals surface area (Å²) in [5.41, 5.74) is 5.17. The van der Waals surface area contributed by atoms with Crippen LogP contribution < -0.4 is 11.1 Å². The molecule has 1 aliphatic heterocycles. The minimum absolute atomic E-state index is 0.0987. The van der Waals surface area contributed by atoms with Gasteiger partial charge in [-0.05, 0) is 12.8 Å². The Bertz CT molecular complexity index is 376. The van der Waals surface area contributed by atoms with Crippen molar-refractivity contribution < 1.29 is 18.4 Å². The Morgan fingerprint density at radius 1 is 1.44 bits per heavy atom. The maximum absolute atomic E-state index is 11.3. The zero-order valence-corrected chi connectivity index (χ0v) is 9.53. The smallest absolute Gasteiger partial charge is 0.227 e. The van der Waals surface area contributed by atoms with E-state index in [0.29, 0.717) is 12.8 Å². The minimum Gasteiger partial charge on any atom is -0.409 e. The second-order valence-corrected chi connectivity index (χ2v) is 6.07. The van der Waals surface area contributed by atoms with E-state index in [-0.39, 0.29) is 35.7 Å². The van der Waals surface area contributed by atoms with Gasteiger partial charge in [-0.1, -0.05) is 5.16 Å². The monoisotopic (exact) mass is 249 g/mol. The highest BCUT2D eigenvalue weighted by Gasteiger charge is 2.24. The van der Waals surface area contributed by atoms with Crippen LogP contribution in [-0.2, 0) is 14.6 Å². The number of hydrogen-bond donors (Lipinski definition) is 3. The van der Waals surface area contributed by atoms with Crippen LogP contribution in [0.3, 0.4) is 0 Å². The van der Waals surface area contributed by atoms with Crippen molar-refractivity contribution in [1.29, 1.82) is 0 Å². The van der Waals surface area contributed by atoms with E-state index >= 15 is 0 Å². The van der Waals surface area contributed by atoms with Crippen molar-refractivity contribution >= 4 is 21.6 Å². The van der Waals surface area contributed by atoms with Gasteiger partial charge in [0.15, 0.2) is 0 Å². The van der Waals surface area contributed by atoms with Crippen LogP contribution in [0.4, 0.5) is 0 Å². The lowest BCUT2D eigenvalue weighted by atomic mass is 10.1. The molecule has 1 rings (SSSR count). The van der Waals surface area contributed by atoms with Gasteiger partial charge in [0, 0.05) is 6.04 Å². The summed E-state index contributed by atoms with van der Waals surface area (Å²) < 4.78 is 22.2. The molecule has 0 aromatic rings. The lowest BCUT2D eigenvalue weighted by Crippen LogP contribution is -2.42. The summed E-state index contributed by atoms with van der Waals surface area (Å²) in [4.78, 5) is 11.3. The zero-order valence-electron chi connectivity index (χ0n) is 8.72. The second kappa shape index (κ2) is 5.15. The summed E-state index contributed by atoms with van der Waals surface area (Å²) in [6.07, 6.45) is 0.661. The fourth-order valence-corrected chi connectivity index (χ4v) is 3.00. The Labute approximate surface area is 93.6 Å². The molecule has 0 saturated carbocycles. The van der Waals surface area contributed by atoms with Crippen LogP contribution in [0, 0.1) is 0 Å². The van der Waals surface area contributed by atoms with Crippen LogP contribution in [0.25, 0.3) is 0 Å². The molecule has 1 fully saturated rings. The summed E-state index contributed by atoms with van der Waals surface area (Å²) in [6, 6.07) is -0.137. The molecule has 1 saturated heterocycles. The van der Waals surface area contributed by atoms with E-state index in [1.165, 1.54) is 0 Å². The highest BCUT2D eigenvalue weighted by atomic mass is 32.2. The van der Waals surface area contributed by atoms with Crippen LogP contribution in [0.1, 0.15) is 19.3 Å². The molecule has 7 nitrogen and oxygen atoms in total.